The van der Waals surface area contributed by atoms with Crippen LogP contribution in [0, 0.1) is 5.41 Å². The molecule has 0 radical (unpaired) electrons. The van der Waals surface area contributed by atoms with Crippen LogP contribution in [-0.4, -0.2) is 17.0 Å². The zero-order valence-electron chi connectivity index (χ0n) is 7.09. The average Bonchev–Trinajstić information content (AvgIpc) is 1.86. The van der Waals surface area contributed by atoms with Gasteiger partial charge < -0.3 is 5.11 Å². The zero-order chi connectivity index (χ0) is 8.20. The fourth-order valence-electron chi connectivity index (χ4n) is 1.06. The fourth-order valence-corrected chi connectivity index (χ4v) is 1.55. The van der Waals surface area contributed by atoms with Crippen LogP contribution >= 0.6 is 12.6 Å². The first-order chi connectivity index (χ1) is 4.54. The van der Waals surface area contributed by atoms with E-state index >= 15 is 0 Å². The number of hydrogen-bond donors (Lipinski definition) is 2. The summed E-state index contributed by atoms with van der Waals surface area (Å²) in [6.45, 7) is 6.29. The van der Waals surface area contributed by atoms with E-state index in [1.54, 1.807) is 0 Å². The Morgan fingerprint density at radius 2 is 2.00 bits per heavy atom. The highest BCUT2D eigenvalue weighted by Crippen LogP contribution is 2.27. The molecule has 62 valence electrons. The molecule has 1 N–H and O–H groups in total. The molecule has 0 aliphatic carbocycles. The van der Waals surface area contributed by atoms with Crippen molar-refractivity contribution in [2.24, 2.45) is 5.41 Å². The lowest BCUT2D eigenvalue weighted by atomic mass is 9.83. The third-order valence-corrected chi connectivity index (χ3v) is 2.32. The zero-order valence-corrected chi connectivity index (χ0v) is 7.99. The minimum absolute atomic E-state index is 0.0382. The van der Waals surface area contributed by atoms with Crippen LogP contribution in [0.4, 0.5) is 0 Å². The normalized spacial score (nSPS) is 15.3. The van der Waals surface area contributed by atoms with Gasteiger partial charge in [-0.3, -0.25) is 0 Å². The molecule has 2 heteroatoms. The molecule has 0 saturated carbocycles. The summed E-state index contributed by atoms with van der Waals surface area (Å²) in [5.41, 5.74) is 0.0382. The molecule has 0 rings (SSSR count). The molecule has 0 fully saturated rings. The highest BCUT2D eigenvalue weighted by Gasteiger charge is 2.24. The molecule has 1 nitrogen and oxygen atoms in total. The van der Waals surface area contributed by atoms with E-state index < -0.39 is 0 Å². The van der Waals surface area contributed by atoms with Crippen LogP contribution in [0.25, 0.3) is 0 Å². The summed E-state index contributed by atoms with van der Waals surface area (Å²) < 4.78 is 0. The van der Waals surface area contributed by atoms with E-state index in [-0.39, 0.29) is 11.5 Å². The van der Waals surface area contributed by atoms with Crippen molar-refractivity contribution in [1.82, 2.24) is 0 Å². The molecule has 10 heavy (non-hydrogen) atoms. The van der Waals surface area contributed by atoms with Crippen molar-refractivity contribution >= 4 is 12.6 Å². The number of thiol groups is 1. The number of aliphatic hydroxyl groups excluding tert-OH is 1. The lowest BCUT2D eigenvalue weighted by Gasteiger charge is -2.28. The van der Waals surface area contributed by atoms with Crippen molar-refractivity contribution < 1.29 is 5.11 Å². The van der Waals surface area contributed by atoms with Gasteiger partial charge in [-0.2, -0.15) is 12.6 Å². The van der Waals surface area contributed by atoms with E-state index in [0.717, 1.165) is 12.8 Å². The Bertz CT molecular complexity index is 91.3. The smallest absolute Gasteiger partial charge is 0.0678 e. The standard InChI is InChI=1S/C8H18OS/c1-4-5-8(2,3)7(9)6-10/h7,9-10H,4-6H2,1-3H3. The fraction of sp³-hybridized carbons (Fsp3) is 1.00. The van der Waals surface area contributed by atoms with Gasteiger partial charge in [0.2, 0.25) is 0 Å². The van der Waals surface area contributed by atoms with Gasteiger partial charge in [-0.05, 0) is 11.8 Å². The van der Waals surface area contributed by atoms with Gasteiger partial charge in [-0.1, -0.05) is 27.2 Å². The van der Waals surface area contributed by atoms with E-state index in [9.17, 15) is 5.11 Å². The largest absolute Gasteiger partial charge is 0.392 e. The van der Waals surface area contributed by atoms with Crippen molar-refractivity contribution in [2.45, 2.75) is 39.7 Å². The molecular formula is C8H18OS. The predicted octanol–water partition coefficient (Wildman–Crippen LogP) is 2.10. The van der Waals surface area contributed by atoms with E-state index in [1.807, 2.05) is 0 Å². The molecule has 0 spiro atoms. The SMILES string of the molecule is CCCC(C)(C)C(O)CS. The molecule has 0 saturated heterocycles. The van der Waals surface area contributed by atoms with Crippen molar-refractivity contribution in [3.63, 3.8) is 0 Å². The highest BCUT2D eigenvalue weighted by molar-refractivity contribution is 7.80. The molecule has 0 aliphatic heterocycles. The van der Waals surface area contributed by atoms with Crippen LogP contribution in [0.5, 0.6) is 0 Å². The molecule has 1 unspecified atom stereocenters. The molecule has 0 amide bonds. The van der Waals surface area contributed by atoms with Crippen LogP contribution < -0.4 is 0 Å². The Morgan fingerprint density at radius 3 is 2.30 bits per heavy atom. The van der Waals surface area contributed by atoms with Crippen LogP contribution in [0.1, 0.15) is 33.6 Å². The van der Waals surface area contributed by atoms with Gasteiger partial charge in [-0.25, -0.2) is 0 Å². The summed E-state index contributed by atoms with van der Waals surface area (Å²) in [4.78, 5) is 0. The molecular weight excluding hydrogens is 144 g/mol. The van der Waals surface area contributed by atoms with Crippen molar-refractivity contribution in [2.75, 3.05) is 5.75 Å². The Morgan fingerprint density at radius 1 is 1.50 bits per heavy atom. The van der Waals surface area contributed by atoms with E-state index in [1.165, 1.54) is 0 Å². The van der Waals surface area contributed by atoms with Crippen molar-refractivity contribution in [3.05, 3.63) is 0 Å². The van der Waals surface area contributed by atoms with Gasteiger partial charge in [0.15, 0.2) is 0 Å². The monoisotopic (exact) mass is 162 g/mol. The predicted molar refractivity (Wildman–Crippen MR) is 48.5 cm³/mol. The van der Waals surface area contributed by atoms with Crippen molar-refractivity contribution in [1.29, 1.82) is 0 Å². The quantitative estimate of drug-likeness (QED) is 0.607. The molecule has 0 aromatic carbocycles. The summed E-state index contributed by atoms with van der Waals surface area (Å²) in [6, 6.07) is 0. The van der Waals surface area contributed by atoms with Crippen LogP contribution in [0.15, 0.2) is 0 Å². The molecule has 0 aliphatic rings. The van der Waals surface area contributed by atoms with E-state index in [2.05, 4.69) is 33.4 Å². The summed E-state index contributed by atoms with van der Waals surface area (Å²) >= 11 is 4.05. The summed E-state index contributed by atoms with van der Waals surface area (Å²) in [5.74, 6) is 0.562. The minimum atomic E-state index is -0.268. The maximum Gasteiger partial charge on any atom is 0.0678 e. The average molecular weight is 162 g/mol. The summed E-state index contributed by atoms with van der Waals surface area (Å²) in [5, 5.41) is 9.44. The van der Waals surface area contributed by atoms with E-state index in [0.29, 0.717) is 5.75 Å². The maximum atomic E-state index is 9.44. The first kappa shape index (κ1) is 10.3. The molecule has 0 bridgehead atoms. The van der Waals surface area contributed by atoms with Gasteiger partial charge in [0.05, 0.1) is 6.10 Å². The van der Waals surface area contributed by atoms with Gasteiger partial charge in [0, 0.05) is 5.75 Å². The van der Waals surface area contributed by atoms with Crippen LogP contribution in [0.3, 0.4) is 0 Å². The highest BCUT2D eigenvalue weighted by atomic mass is 32.1. The number of hydrogen-bond acceptors (Lipinski definition) is 2. The van der Waals surface area contributed by atoms with Gasteiger partial charge >= 0.3 is 0 Å². The van der Waals surface area contributed by atoms with Crippen LogP contribution in [0.2, 0.25) is 0 Å². The topological polar surface area (TPSA) is 20.2 Å². The second kappa shape index (κ2) is 4.24. The minimum Gasteiger partial charge on any atom is -0.392 e. The first-order valence-corrected chi connectivity index (χ1v) is 4.46. The maximum absolute atomic E-state index is 9.44. The number of aliphatic hydroxyl groups is 1. The van der Waals surface area contributed by atoms with Gasteiger partial charge in [-0.15, -0.1) is 0 Å². The van der Waals surface area contributed by atoms with Crippen LogP contribution in [-0.2, 0) is 0 Å². The Balaban J connectivity index is 3.82. The first-order valence-electron chi connectivity index (χ1n) is 3.83. The third-order valence-electron chi connectivity index (χ3n) is 1.97. The summed E-state index contributed by atoms with van der Waals surface area (Å²) in [6.07, 6.45) is 1.92. The Hall–Kier alpha value is 0.310. The van der Waals surface area contributed by atoms with E-state index in [4.69, 9.17) is 0 Å². The second-order valence-electron chi connectivity index (χ2n) is 3.44. The third kappa shape index (κ3) is 2.93. The van der Waals surface area contributed by atoms with Gasteiger partial charge in [0.1, 0.15) is 0 Å². The second-order valence-corrected chi connectivity index (χ2v) is 3.80. The summed E-state index contributed by atoms with van der Waals surface area (Å²) in [7, 11) is 0. The molecule has 0 heterocycles. The van der Waals surface area contributed by atoms with Crippen molar-refractivity contribution in [3.8, 4) is 0 Å². The van der Waals surface area contributed by atoms with Gasteiger partial charge in [0.25, 0.3) is 0 Å². The molecule has 1 atom stereocenters. The molecule has 0 aromatic rings. The number of rotatable bonds is 4. The molecule has 0 aromatic heterocycles. The lowest BCUT2D eigenvalue weighted by molar-refractivity contribution is 0.0634. The Kier molecular flexibility index (Phi) is 4.37. The Labute approximate surface area is 69.2 Å². The lowest BCUT2D eigenvalue weighted by Crippen LogP contribution is -2.30.